The summed E-state index contributed by atoms with van der Waals surface area (Å²) in [6, 6.07) is 4.30. The summed E-state index contributed by atoms with van der Waals surface area (Å²) < 4.78 is 4.33. The number of aromatic nitrogens is 3. The van der Waals surface area contributed by atoms with Crippen LogP contribution in [0.15, 0.2) is 30.9 Å². The number of rotatable bonds is 3. The number of carbonyl (C=O) groups excluding carboxylic acids is 1. The number of halogens is 5. The van der Waals surface area contributed by atoms with Crippen molar-refractivity contribution in [1.82, 2.24) is 14.8 Å². The van der Waals surface area contributed by atoms with Crippen LogP contribution in [-0.4, -0.2) is 24.5 Å². The average molecular weight is 389 g/mol. The number of carbonyl (C=O) groups is 1. The molecule has 0 bridgehead atoms. The highest BCUT2D eigenvalue weighted by atomic mass is 35.6. The topological polar surface area (TPSA) is 57.0 Å². The van der Waals surface area contributed by atoms with Gasteiger partial charge in [-0.2, -0.15) is 5.10 Å². The van der Waals surface area contributed by atoms with Crippen molar-refractivity contribution >= 4 is 64.0 Å². The molecule has 1 atom stereocenters. The van der Waals surface area contributed by atoms with E-state index in [4.69, 9.17) is 62.7 Å². The van der Waals surface area contributed by atoms with Gasteiger partial charge in [-0.1, -0.05) is 58.0 Å². The van der Waals surface area contributed by atoms with E-state index >= 15 is 0 Å². The number of nitrogens with zero attached hydrogens (tertiary/aromatic N) is 3. The summed E-state index contributed by atoms with van der Waals surface area (Å²) in [5.41, 5.74) is 0.0837. The maximum Gasteiger partial charge on any atom is 0.341 e. The van der Waals surface area contributed by atoms with Gasteiger partial charge in [-0.3, -0.25) is 0 Å². The molecular weight excluding hydrogens is 383 g/mol. The Morgan fingerprint density at radius 3 is 2.52 bits per heavy atom. The normalized spacial score (nSPS) is 13.0. The van der Waals surface area contributed by atoms with Crippen LogP contribution in [0.25, 0.3) is 0 Å². The van der Waals surface area contributed by atoms with Crippen LogP contribution in [0.5, 0.6) is 0 Å². The Kier molecular flexibility index (Phi) is 5.22. The number of ether oxygens (including phenoxy) is 1. The first-order chi connectivity index (χ1) is 9.79. The number of hydrogen-bond acceptors (Lipinski definition) is 4. The Labute approximate surface area is 144 Å². The minimum atomic E-state index is -1.94. The zero-order chi connectivity index (χ0) is 15.6. The number of benzene rings is 1. The third-order valence-corrected chi connectivity index (χ3v) is 3.43. The van der Waals surface area contributed by atoms with Crippen molar-refractivity contribution in [1.29, 1.82) is 0 Å². The minimum absolute atomic E-state index is 0.0837. The fourth-order valence-electron chi connectivity index (χ4n) is 1.43. The van der Waals surface area contributed by atoms with Gasteiger partial charge >= 0.3 is 5.97 Å². The Balaban J connectivity index is 2.27. The zero-order valence-electron chi connectivity index (χ0n) is 10.0. The van der Waals surface area contributed by atoms with E-state index in [-0.39, 0.29) is 10.6 Å². The van der Waals surface area contributed by atoms with Crippen molar-refractivity contribution in [2.24, 2.45) is 0 Å². The molecule has 2 rings (SSSR count). The Morgan fingerprint density at radius 1 is 1.29 bits per heavy atom. The van der Waals surface area contributed by atoms with Gasteiger partial charge in [-0.05, 0) is 18.2 Å². The summed E-state index contributed by atoms with van der Waals surface area (Å²) in [6.07, 6.45) is 1.17. The van der Waals surface area contributed by atoms with E-state index in [0.29, 0.717) is 5.02 Å². The molecule has 0 spiro atoms. The molecule has 0 radical (unpaired) electrons. The Hall–Kier alpha value is -0.720. The maximum atomic E-state index is 12.1. The molecule has 21 heavy (non-hydrogen) atoms. The van der Waals surface area contributed by atoms with Crippen molar-refractivity contribution < 1.29 is 9.53 Å². The lowest BCUT2D eigenvalue weighted by atomic mass is 10.2. The molecule has 0 amide bonds. The molecule has 1 heterocycles. The molecule has 0 N–H and O–H groups in total. The van der Waals surface area contributed by atoms with E-state index in [1.807, 2.05) is 0 Å². The quantitative estimate of drug-likeness (QED) is 0.580. The van der Waals surface area contributed by atoms with Gasteiger partial charge in [0, 0.05) is 5.02 Å². The fourth-order valence-corrected chi connectivity index (χ4v) is 2.35. The van der Waals surface area contributed by atoms with E-state index in [0.717, 1.165) is 4.68 Å². The molecule has 10 heteroatoms. The molecule has 0 unspecified atom stereocenters. The molecular formula is C11H6Cl5N3O2. The molecule has 0 saturated carbocycles. The molecule has 0 fully saturated rings. The van der Waals surface area contributed by atoms with Crippen LogP contribution in [0.4, 0.5) is 0 Å². The highest BCUT2D eigenvalue weighted by Crippen LogP contribution is 2.39. The summed E-state index contributed by atoms with van der Waals surface area (Å²) in [5, 5.41) is 4.29. The summed E-state index contributed by atoms with van der Waals surface area (Å²) >= 11 is 29.1. The van der Waals surface area contributed by atoms with Gasteiger partial charge < -0.3 is 4.74 Å². The fraction of sp³-hybridized carbons (Fsp3) is 0.182. The van der Waals surface area contributed by atoms with Crippen molar-refractivity contribution in [2.75, 3.05) is 0 Å². The second kappa shape index (κ2) is 6.58. The molecule has 2 aromatic rings. The van der Waals surface area contributed by atoms with Gasteiger partial charge in [0.15, 0.2) is 0 Å². The summed E-state index contributed by atoms with van der Waals surface area (Å²) in [5.74, 6) is -0.788. The highest BCUT2D eigenvalue weighted by molar-refractivity contribution is 6.67. The molecule has 0 aliphatic rings. The number of alkyl halides is 3. The van der Waals surface area contributed by atoms with Crippen LogP contribution in [0, 0.1) is 0 Å². The second-order valence-electron chi connectivity index (χ2n) is 3.80. The summed E-state index contributed by atoms with van der Waals surface area (Å²) in [7, 11) is 0. The largest absolute Gasteiger partial charge is 0.431 e. The molecule has 0 aliphatic heterocycles. The average Bonchev–Trinajstić information content (AvgIpc) is 2.87. The SMILES string of the molecule is O=C(O[C@@H](n1cncn1)C(Cl)(Cl)Cl)c1ccc(Cl)cc1Cl. The highest BCUT2D eigenvalue weighted by Gasteiger charge is 2.38. The molecule has 0 aliphatic carbocycles. The zero-order valence-corrected chi connectivity index (χ0v) is 13.8. The lowest BCUT2D eigenvalue weighted by molar-refractivity contribution is 0.00609. The maximum absolute atomic E-state index is 12.1. The van der Waals surface area contributed by atoms with Gasteiger partial charge in [-0.15, -0.1) is 0 Å². The van der Waals surface area contributed by atoms with E-state index in [1.54, 1.807) is 0 Å². The number of esters is 1. The first kappa shape index (κ1) is 16.6. The predicted octanol–water partition coefficient (Wildman–Crippen LogP) is 4.31. The first-order valence-corrected chi connectivity index (χ1v) is 7.25. The van der Waals surface area contributed by atoms with Crippen LogP contribution < -0.4 is 0 Å². The van der Waals surface area contributed by atoms with Gasteiger partial charge in [-0.25, -0.2) is 14.5 Å². The van der Waals surface area contributed by atoms with Crippen LogP contribution in [0.2, 0.25) is 10.0 Å². The molecule has 5 nitrogen and oxygen atoms in total. The number of hydrogen-bond donors (Lipinski definition) is 0. The summed E-state index contributed by atoms with van der Waals surface area (Å²) in [6.45, 7) is 0. The molecule has 1 aromatic carbocycles. The second-order valence-corrected chi connectivity index (χ2v) is 7.01. The van der Waals surface area contributed by atoms with Crippen LogP contribution >= 0.6 is 58.0 Å². The Bertz CT molecular complexity index is 642. The van der Waals surface area contributed by atoms with Crippen molar-refractivity contribution in [2.45, 2.75) is 10.0 Å². The standard InChI is InChI=1S/C11H6Cl5N3O2/c12-6-1-2-7(8(13)3-6)9(20)21-10(11(14,15)16)19-5-17-4-18-19/h1-5,10H/t10-/m1/s1. The van der Waals surface area contributed by atoms with E-state index in [9.17, 15) is 4.79 Å². The molecule has 0 saturated heterocycles. The lowest BCUT2D eigenvalue weighted by Crippen LogP contribution is -2.29. The molecule has 112 valence electrons. The van der Waals surface area contributed by atoms with E-state index in [1.165, 1.54) is 30.9 Å². The van der Waals surface area contributed by atoms with E-state index < -0.39 is 16.0 Å². The predicted molar refractivity (Wildman–Crippen MR) is 81.2 cm³/mol. The van der Waals surface area contributed by atoms with Crippen LogP contribution in [0.3, 0.4) is 0 Å². The van der Waals surface area contributed by atoms with Gasteiger partial charge in [0.25, 0.3) is 0 Å². The van der Waals surface area contributed by atoms with Crippen molar-refractivity contribution in [3.63, 3.8) is 0 Å². The first-order valence-electron chi connectivity index (χ1n) is 5.36. The Morgan fingerprint density at radius 2 is 2.00 bits per heavy atom. The molecule has 1 aromatic heterocycles. The van der Waals surface area contributed by atoms with Crippen molar-refractivity contribution in [3.05, 3.63) is 46.5 Å². The third kappa shape index (κ3) is 4.14. The van der Waals surface area contributed by atoms with Crippen molar-refractivity contribution in [3.8, 4) is 0 Å². The van der Waals surface area contributed by atoms with Crippen LogP contribution in [-0.2, 0) is 4.74 Å². The monoisotopic (exact) mass is 387 g/mol. The minimum Gasteiger partial charge on any atom is -0.431 e. The van der Waals surface area contributed by atoms with Crippen LogP contribution in [0.1, 0.15) is 16.6 Å². The van der Waals surface area contributed by atoms with Gasteiger partial charge in [0.2, 0.25) is 10.0 Å². The van der Waals surface area contributed by atoms with E-state index in [2.05, 4.69) is 10.1 Å². The lowest BCUT2D eigenvalue weighted by Gasteiger charge is -2.24. The van der Waals surface area contributed by atoms with Gasteiger partial charge in [0.05, 0.1) is 10.6 Å². The summed E-state index contributed by atoms with van der Waals surface area (Å²) in [4.78, 5) is 15.8. The third-order valence-electron chi connectivity index (χ3n) is 2.33. The smallest absolute Gasteiger partial charge is 0.341 e. The van der Waals surface area contributed by atoms with Gasteiger partial charge in [0.1, 0.15) is 12.7 Å².